The van der Waals surface area contributed by atoms with E-state index in [1.807, 2.05) is 24.3 Å². The van der Waals surface area contributed by atoms with Crippen LogP contribution in [0.3, 0.4) is 0 Å². The SMILES string of the molecule is CC(C)c1ccc(C[NH+](CC(=O)Nc2ccc(CC#N)cc2)C2CC2)cc1. The van der Waals surface area contributed by atoms with E-state index < -0.39 is 0 Å². The van der Waals surface area contributed by atoms with Gasteiger partial charge in [-0.3, -0.25) is 4.79 Å². The summed E-state index contributed by atoms with van der Waals surface area (Å²) >= 11 is 0. The molecule has 2 N–H and O–H groups in total. The lowest BCUT2D eigenvalue weighted by Gasteiger charge is -2.19. The number of quaternary nitrogens is 1. The van der Waals surface area contributed by atoms with Crippen LogP contribution in [0.5, 0.6) is 0 Å². The number of carbonyl (C=O) groups is 1. The second-order valence-electron chi connectivity index (χ2n) is 7.76. The van der Waals surface area contributed by atoms with Gasteiger partial charge in [-0.2, -0.15) is 5.26 Å². The number of benzene rings is 2. The van der Waals surface area contributed by atoms with Crippen molar-refractivity contribution in [3.8, 4) is 6.07 Å². The number of rotatable bonds is 8. The van der Waals surface area contributed by atoms with Gasteiger partial charge in [0.05, 0.1) is 18.5 Å². The molecule has 0 aromatic heterocycles. The molecule has 4 nitrogen and oxygen atoms in total. The van der Waals surface area contributed by atoms with Gasteiger partial charge in [-0.05, 0) is 29.2 Å². The molecule has 1 aliphatic carbocycles. The summed E-state index contributed by atoms with van der Waals surface area (Å²) in [4.78, 5) is 13.9. The van der Waals surface area contributed by atoms with E-state index in [4.69, 9.17) is 5.26 Å². The summed E-state index contributed by atoms with van der Waals surface area (Å²) in [5.41, 5.74) is 4.39. The molecule has 1 aliphatic rings. The van der Waals surface area contributed by atoms with Gasteiger partial charge in [0.25, 0.3) is 5.91 Å². The molecule has 2 aromatic carbocycles. The number of hydrogen-bond donors (Lipinski definition) is 2. The molecule has 140 valence electrons. The van der Waals surface area contributed by atoms with Gasteiger partial charge in [0.1, 0.15) is 6.54 Å². The first-order valence-corrected chi connectivity index (χ1v) is 9.74. The van der Waals surface area contributed by atoms with Crippen LogP contribution in [0.25, 0.3) is 0 Å². The number of nitrogens with zero attached hydrogens (tertiary/aromatic N) is 1. The van der Waals surface area contributed by atoms with Crippen molar-refractivity contribution in [1.82, 2.24) is 0 Å². The lowest BCUT2D eigenvalue weighted by Crippen LogP contribution is -3.13. The summed E-state index contributed by atoms with van der Waals surface area (Å²) in [6.45, 7) is 5.77. The summed E-state index contributed by atoms with van der Waals surface area (Å²) in [5, 5.41) is 11.7. The Kier molecular flexibility index (Phi) is 6.26. The fourth-order valence-corrected chi connectivity index (χ4v) is 3.33. The molecule has 0 saturated heterocycles. The lowest BCUT2D eigenvalue weighted by atomic mass is 10.0. The third kappa shape index (κ3) is 5.67. The van der Waals surface area contributed by atoms with Gasteiger partial charge in [0.15, 0.2) is 6.54 Å². The van der Waals surface area contributed by atoms with Crippen molar-refractivity contribution in [2.24, 2.45) is 0 Å². The Hall–Kier alpha value is -2.64. The Balaban J connectivity index is 1.57. The molecule has 0 aliphatic heterocycles. The van der Waals surface area contributed by atoms with Crippen LogP contribution in [-0.2, 0) is 17.8 Å². The zero-order chi connectivity index (χ0) is 19.2. The average Bonchev–Trinajstić information content (AvgIpc) is 3.49. The van der Waals surface area contributed by atoms with Crippen LogP contribution >= 0.6 is 0 Å². The van der Waals surface area contributed by atoms with Crippen LogP contribution < -0.4 is 10.2 Å². The summed E-state index contributed by atoms with van der Waals surface area (Å²) in [5.74, 6) is 0.583. The molecule has 0 spiro atoms. The molecule has 1 saturated carbocycles. The van der Waals surface area contributed by atoms with Crippen LogP contribution in [0.2, 0.25) is 0 Å². The van der Waals surface area contributed by atoms with Crippen molar-refractivity contribution in [1.29, 1.82) is 5.26 Å². The smallest absolute Gasteiger partial charge is 0.279 e. The number of hydrogen-bond acceptors (Lipinski definition) is 2. The Morgan fingerprint density at radius 2 is 1.74 bits per heavy atom. The Morgan fingerprint density at radius 1 is 1.11 bits per heavy atom. The van der Waals surface area contributed by atoms with Gasteiger partial charge < -0.3 is 10.2 Å². The highest BCUT2D eigenvalue weighted by Crippen LogP contribution is 2.17. The molecule has 1 amide bonds. The summed E-state index contributed by atoms with van der Waals surface area (Å²) in [6.07, 6.45) is 2.80. The maximum atomic E-state index is 12.5. The van der Waals surface area contributed by atoms with Crippen molar-refractivity contribution in [3.63, 3.8) is 0 Å². The van der Waals surface area contributed by atoms with E-state index in [1.165, 1.54) is 28.9 Å². The molecule has 1 unspecified atom stereocenters. The number of amides is 1. The number of nitriles is 1. The van der Waals surface area contributed by atoms with Crippen LogP contribution in [0.4, 0.5) is 5.69 Å². The minimum absolute atomic E-state index is 0.0451. The zero-order valence-corrected chi connectivity index (χ0v) is 16.2. The first-order chi connectivity index (χ1) is 13.0. The highest BCUT2D eigenvalue weighted by atomic mass is 16.2. The fourth-order valence-electron chi connectivity index (χ4n) is 3.33. The minimum Gasteiger partial charge on any atom is -0.321 e. The first-order valence-electron chi connectivity index (χ1n) is 9.74. The first kappa shape index (κ1) is 19.1. The van der Waals surface area contributed by atoms with E-state index in [-0.39, 0.29) is 5.91 Å². The van der Waals surface area contributed by atoms with Gasteiger partial charge in [-0.25, -0.2) is 0 Å². The monoisotopic (exact) mass is 362 g/mol. The predicted octanol–water partition coefficient (Wildman–Crippen LogP) is 3.06. The van der Waals surface area contributed by atoms with Gasteiger partial charge >= 0.3 is 0 Å². The van der Waals surface area contributed by atoms with Crippen molar-refractivity contribution < 1.29 is 9.69 Å². The van der Waals surface area contributed by atoms with E-state index in [2.05, 4.69) is 49.5 Å². The van der Waals surface area contributed by atoms with Crippen LogP contribution in [0, 0.1) is 11.3 Å². The summed E-state index contributed by atoms with van der Waals surface area (Å²) in [6, 6.07) is 19.0. The summed E-state index contributed by atoms with van der Waals surface area (Å²) < 4.78 is 0. The van der Waals surface area contributed by atoms with E-state index in [1.54, 1.807) is 0 Å². The van der Waals surface area contributed by atoms with Crippen LogP contribution in [0.1, 0.15) is 49.3 Å². The second-order valence-corrected chi connectivity index (χ2v) is 7.76. The molecular weight excluding hydrogens is 334 g/mol. The van der Waals surface area contributed by atoms with Gasteiger partial charge in [-0.1, -0.05) is 50.2 Å². The van der Waals surface area contributed by atoms with E-state index in [0.29, 0.717) is 24.9 Å². The van der Waals surface area contributed by atoms with Crippen molar-refractivity contribution in [3.05, 3.63) is 65.2 Å². The maximum Gasteiger partial charge on any atom is 0.279 e. The van der Waals surface area contributed by atoms with E-state index >= 15 is 0 Å². The zero-order valence-electron chi connectivity index (χ0n) is 16.2. The molecule has 1 fully saturated rings. The Morgan fingerprint density at radius 3 is 2.30 bits per heavy atom. The average molecular weight is 362 g/mol. The van der Waals surface area contributed by atoms with Gasteiger partial charge in [0.2, 0.25) is 0 Å². The largest absolute Gasteiger partial charge is 0.321 e. The third-order valence-electron chi connectivity index (χ3n) is 5.14. The second kappa shape index (κ2) is 8.83. The maximum absolute atomic E-state index is 12.5. The summed E-state index contributed by atoms with van der Waals surface area (Å²) in [7, 11) is 0. The van der Waals surface area contributed by atoms with Crippen molar-refractivity contribution >= 4 is 11.6 Å². The standard InChI is InChI=1S/C23H27N3O/c1-17(2)20-7-3-19(4-8-20)15-26(22-11-12-22)16-23(27)25-21-9-5-18(6-10-21)13-14-24/h3-10,17,22H,11-13,15-16H2,1-2H3,(H,25,27)/p+1. The highest BCUT2D eigenvalue weighted by molar-refractivity contribution is 5.91. The number of nitrogens with one attached hydrogen (secondary N) is 2. The molecule has 0 bridgehead atoms. The highest BCUT2D eigenvalue weighted by Gasteiger charge is 2.34. The van der Waals surface area contributed by atoms with E-state index in [9.17, 15) is 4.79 Å². The normalized spacial score (nSPS) is 14.6. The molecule has 0 radical (unpaired) electrons. The van der Waals surface area contributed by atoms with Crippen LogP contribution in [-0.4, -0.2) is 18.5 Å². The number of anilines is 1. The van der Waals surface area contributed by atoms with Crippen molar-refractivity contribution in [2.45, 2.75) is 51.6 Å². The van der Waals surface area contributed by atoms with E-state index in [0.717, 1.165) is 17.8 Å². The predicted molar refractivity (Wildman–Crippen MR) is 107 cm³/mol. The minimum atomic E-state index is 0.0451. The molecule has 3 rings (SSSR count). The lowest BCUT2D eigenvalue weighted by molar-refractivity contribution is -0.916. The van der Waals surface area contributed by atoms with Gasteiger partial charge in [0, 0.05) is 24.1 Å². The van der Waals surface area contributed by atoms with Gasteiger partial charge in [-0.15, -0.1) is 0 Å². The molecule has 27 heavy (non-hydrogen) atoms. The quantitative estimate of drug-likeness (QED) is 0.758. The Bertz CT molecular complexity index is 799. The molecule has 2 aromatic rings. The van der Waals surface area contributed by atoms with Crippen molar-refractivity contribution in [2.75, 3.05) is 11.9 Å². The molecule has 0 heterocycles. The number of carbonyl (C=O) groups excluding carboxylic acids is 1. The Labute approximate surface area is 161 Å². The van der Waals surface area contributed by atoms with Crippen LogP contribution in [0.15, 0.2) is 48.5 Å². The third-order valence-corrected chi connectivity index (χ3v) is 5.14. The molecule has 1 atom stereocenters. The fraction of sp³-hybridized carbons (Fsp3) is 0.391. The topological polar surface area (TPSA) is 57.3 Å². The molecular formula is C23H28N3O+. The molecule has 4 heteroatoms.